The van der Waals surface area contributed by atoms with Crippen molar-refractivity contribution >= 4 is 64.6 Å². The Labute approximate surface area is 364 Å². The fourth-order valence-electron chi connectivity index (χ4n) is 10.2. The van der Waals surface area contributed by atoms with Gasteiger partial charge < -0.3 is 18.9 Å². The minimum absolute atomic E-state index is 0.535. The molecule has 0 bridgehead atoms. The molecule has 0 aromatic heterocycles. The molecule has 0 amide bonds. The molecule has 310 valence electrons. The molecule has 0 saturated carbocycles. The predicted octanol–water partition coefficient (Wildman–Crippen LogP) is 16.4. The highest BCUT2D eigenvalue weighted by atomic mass is 16.5. The van der Waals surface area contributed by atoms with Crippen molar-refractivity contribution in [2.24, 2.45) is 0 Å². The van der Waals surface area contributed by atoms with E-state index < -0.39 is 0 Å². The summed E-state index contributed by atoms with van der Waals surface area (Å²) in [6.07, 6.45) is 12.2. The Morgan fingerprint density at radius 1 is 0.387 bits per heavy atom. The number of unbranched alkanes of at least 4 members (excludes halogenated alkanes) is 8. The van der Waals surface area contributed by atoms with E-state index in [1.807, 2.05) is 0 Å². The predicted molar refractivity (Wildman–Crippen MR) is 260 cm³/mol. The summed E-state index contributed by atoms with van der Waals surface area (Å²) < 4.78 is 25.9. The Bertz CT molecular complexity index is 2960. The van der Waals surface area contributed by atoms with Crippen LogP contribution in [-0.2, 0) is 13.2 Å². The van der Waals surface area contributed by atoms with Crippen LogP contribution >= 0.6 is 0 Å². The zero-order chi connectivity index (χ0) is 41.6. The third-order valence-corrected chi connectivity index (χ3v) is 13.5. The van der Waals surface area contributed by atoms with Gasteiger partial charge in [-0.2, -0.15) is 0 Å². The van der Waals surface area contributed by atoms with Crippen molar-refractivity contribution in [2.75, 3.05) is 13.2 Å². The molecule has 2 aliphatic rings. The second-order valence-corrected chi connectivity index (χ2v) is 17.6. The lowest BCUT2D eigenvalue weighted by Crippen LogP contribution is -2.06. The van der Waals surface area contributed by atoms with E-state index in [1.165, 1.54) is 138 Å². The van der Waals surface area contributed by atoms with Crippen molar-refractivity contribution in [3.63, 3.8) is 0 Å². The molecule has 4 nitrogen and oxygen atoms in total. The van der Waals surface area contributed by atoms with E-state index in [4.69, 9.17) is 18.9 Å². The zero-order valence-electron chi connectivity index (χ0n) is 36.1. The minimum atomic E-state index is 0.535. The normalized spacial score (nSPS) is 12.9. The molecule has 0 spiro atoms. The summed E-state index contributed by atoms with van der Waals surface area (Å²) in [5, 5.41) is 14.6. The average Bonchev–Trinajstić information content (AvgIpc) is 3.31. The highest BCUT2D eigenvalue weighted by Crippen LogP contribution is 2.49. The Morgan fingerprint density at radius 3 is 1.24 bits per heavy atom. The van der Waals surface area contributed by atoms with E-state index in [0.29, 0.717) is 13.2 Å². The molecule has 4 heteroatoms. The molecule has 0 radical (unpaired) electrons. The summed E-state index contributed by atoms with van der Waals surface area (Å²) in [4.78, 5) is 0. The Balaban J connectivity index is 1.00. The molecule has 2 heterocycles. The lowest BCUT2D eigenvalue weighted by molar-refractivity contribution is 0.302. The van der Waals surface area contributed by atoms with Gasteiger partial charge in [0, 0.05) is 11.1 Å². The van der Waals surface area contributed by atoms with Gasteiger partial charge in [0.1, 0.15) is 36.2 Å². The number of benzene rings is 9. The molecular weight excluding hydrogens is 761 g/mol. The van der Waals surface area contributed by atoms with Crippen molar-refractivity contribution in [3.8, 4) is 45.3 Å². The number of fused-ring (bicyclic) bond motifs is 17. The molecule has 0 saturated heterocycles. The summed E-state index contributed by atoms with van der Waals surface area (Å²) >= 11 is 0. The fraction of sp³-hybridized carbons (Fsp3) is 0.276. The first-order valence-corrected chi connectivity index (χ1v) is 23.2. The van der Waals surface area contributed by atoms with Gasteiger partial charge in [-0.25, -0.2) is 0 Å². The van der Waals surface area contributed by atoms with Crippen molar-refractivity contribution in [1.82, 2.24) is 0 Å². The third-order valence-electron chi connectivity index (χ3n) is 13.5. The maximum absolute atomic E-state index is 6.63. The van der Waals surface area contributed by atoms with Gasteiger partial charge in [0.2, 0.25) is 0 Å². The first-order chi connectivity index (χ1) is 30.6. The van der Waals surface area contributed by atoms with Crippen LogP contribution in [0.1, 0.15) is 89.2 Å². The van der Waals surface area contributed by atoms with Gasteiger partial charge in [0.05, 0.1) is 13.2 Å². The standard InChI is InChI=1S/C58H54O4/c1-3-5-7-9-11-27-59-45-25-23-37-13-21-43-35-61-53-33-49-41(29-51(53)55(43)47(37)31-45)19-17-39-15-16-40-18-20-42-30-52-54(34-50(42)58(40)57(39)49)62-36-44-22-14-38-24-26-46(32-48(38)56(44)52)60-28-12-10-8-6-4-2/h13-26,29-34H,3-12,27-28,35-36H2,1-2H3. The topological polar surface area (TPSA) is 36.9 Å². The lowest BCUT2D eigenvalue weighted by atomic mass is 9.86. The molecule has 0 unspecified atom stereocenters. The zero-order valence-corrected chi connectivity index (χ0v) is 36.1. The first-order valence-electron chi connectivity index (χ1n) is 23.2. The van der Waals surface area contributed by atoms with Crippen molar-refractivity contribution < 1.29 is 18.9 Å². The van der Waals surface area contributed by atoms with Crippen LogP contribution in [0, 0.1) is 0 Å². The highest BCUT2D eigenvalue weighted by molar-refractivity contribution is 6.28. The van der Waals surface area contributed by atoms with Gasteiger partial charge in [-0.3, -0.25) is 0 Å². The quantitative estimate of drug-likeness (QED) is 0.0809. The lowest BCUT2D eigenvalue weighted by Gasteiger charge is -2.25. The SMILES string of the molecule is CCCCCCCOc1ccc2ccc3c(c2c1)-c1cc2ccc4ccc5ccc6cc7c(cc6c5c4c2cc1OC3)OCc1ccc2ccc(OCCCCCCC)cc2c1-7. The average molecular weight is 815 g/mol. The van der Waals surface area contributed by atoms with Gasteiger partial charge in [0.25, 0.3) is 0 Å². The minimum Gasteiger partial charge on any atom is -0.494 e. The van der Waals surface area contributed by atoms with Gasteiger partial charge >= 0.3 is 0 Å². The Hall–Kier alpha value is -6.26. The van der Waals surface area contributed by atoms with Crippen LogP contribution in [0.3, 0.4) is 0 Å². The number of ether oxygens (including phenoxy) is 4. The van der Waals surface area contributed by atoms with Gasteiger partial charge in [-0.1, -0.05) is 138 Å². The van der Waals surface area contributed by atoms with Gasteiger partial charge in [-0.05, 0) is 148 Å². The van der Waals surface area contributed by atoms with Crippen LogP contribution in [0.5, 0.6) is 23.0 Å². The molecule has 0 N–H and O–H groups in total. The fourth-order valence-corrected chi connectivity index (χ4v) is 10.2. The van der Waals surface area contributed by atoms with Crippen LogP contribution in [-0.4, -0.2) is 13.2 Å². The molecule has 0 atom stereocenters. The molecular formula is C58H54O4. The van der Waals surface area contributed by atoms with E-state index >= 15 is 0 Å². The molecule has 11 rings (SSSR count). The van der Waals surface area contributed by atoms with Crippen LogP contribution in [0.2, 0.25) is 0 Å². The monoisotopic (exact) mass is 814 g/mol. The maximum Gasteiger partial charge on any atom is 0.128 e. The van der Waals surface area contributed by atoms with E-state index in [0.717, 1.165) is 60.2 Å². The molecule has 0 aliphatic carbocycles. The molecule has 9 aromatic rings. The highest BCUT2D eigenvalue weighted by Gasteiger charge is 2.24. The van der Waals surface area contributed by atoms with Crippen molar-refractivity contribution in [2.45, 2.75) is 91.3 Å². The first kappa shape index (κ1) is 38.6. The van der Waals surface area contributed by atoms with Crippen LogP contribution in [0.15, 0.2) is 121 Å². The van der Waals surface area contributed by atoms with Crippen LogP contribution in [0.4, 0.5) is 0 Å². The number of hydrogen-bond donors (Lipinski definition) is 0. The Kier molecular flexibility index (Phi) is 10.3. The van der Waals surface area contributed by atoms with Gasteiger partial charge in [0.15, 0.2) is 0 Å². The maximum atomic E-state index is 6.63. The second kappa shape index (κ2) is 16.5. The molecule has 9 aromatic carbocycles. The summed E-state index contributed by atoms with van der Waals surface area (Å²) in [6.45, 7) is 7.08. The molecule has 2 aliphatic heterocycles. The molecule has 62 heavy (non-hydrogen) atoms. The van der Waals surface area contributed by atoms with E-state index in [2.05, 4.69) is 135 Å². The van der Waals surface area contributed by atoms with E-state index in [9.17, 15) is 0 Å². The Morgan fingerprint density at radius 2 is 0.790 bits per heavy atom. The van der Waals surface area contributed by atoms with Crippen molar-refractivity contribution in [3.05, 3.63) is 132 Å². The van der Waals surface area contributed by atoms with Gasteiger partial charge in [-0.15, -0.1) is 0 Å². The second-order valence-electron chi connectivity index (χ2n) is 17.6. The van der Waals surface area contributed by atoms with Crippen molar-refractivity contribution in [1.29, 1.82) is 0 Å². The summed E-state index contributed by atoms with van der Waals surface area (Å²) in [5.74, 6) is 3.72. The summed E-state index contributed by atoms with van der Waals surface area (Å²) in [6, 6.07) is 45.0. The number of rotatable bonds is 14. The van der Waals surface area contributed by atoms with Crippen LogP contribution < -0.4 is 18.9 Å². The summed E-state index contributed by atoms with van der Waals surface area (Å²) in [7, 11) is 0. The van der Waals surface area contributed by atoms with E-state index in [-0.39, 0.29) is 0 Å². The summed E-state index contributed by atoms with van der Waals surface area (Å²) in [5.41, 5.74) is 7.19. The largest absolute Gasteiger partial charge is 0.494 e. The van der Waals surface area contributed by atoms with Crippen LogP contribution in [0.25, 0.3) is 86.9 Å². The number of hydrogen-bond acceptors (Lipinski definition) is 4. The molecule has 0 fully saturated rings. The third kappa shape index (κ3) is 6.94. The van der Waals surface area contributed by atoms with E-state index in [1.54, 1.807) is 0 Å². The smallest absolute Gasteiger partial charge is 0.128 e.